The van der Waals surface area contributed by atoms with Crippen molar-refractivity contribution < 1.29 is 9.53 Å². The van der Waals surface area contributed by atoms with Gasteiger partial charge in [0.25, 0.3) is 0 Å². The zero-order chi connectivity index (χ0) is 12.3. The molecule has 0 N–H and O–H groups in total. The Morgan fingerprint density at radius 3 is 2.69 bits per heavy atom. The maximum atomic E-state index is 11.9. The number of nitriles is 1. The third-order valence-electron chi connectivity index (χ3n) is 2.71. The predicted molar refractivity (Wildman–Crippen MR) is 60.7 cm³/mol. The van der Waals surface area contributed by atoms with Crippen LogP contribution in [0, 0.1) is 17.2 Å². The van der Waals surface area contributed by atoms with Crippen molar-refractivity contribution in [3.63, 3.8) is 0 Å². The third kappa shape index (κ3) is 3.13. The molecule has 0 bridgehead atoms. The summed E-state index contributed by atoms with van der Waals surface area (Å²) >= 11 is 0. The Kier molecular flexibility index (Phi) is 3.79. The highest BCUT2D eigenvalue weighted by molar-refractivity contribution is 5.69. The molecule has 4 nitrogen and oxygen atoms in total. The maximum absolute atomic E-state index is 11.9. The molecule has 0 aromatic carbocycles. The first-order valence-corrected chi connectivity index (χ1v) is 5.74. The van der Waals surface area contributed by atoms with Crippen molar-refractivity contribution in [2.24, 2.45) is 5.92 Å². The minimum Gasteiger partial charge on any atom is -0.444 e. The molecule has 1 amide bonds. The maximum Gasteiger partial charge on any atom is 0.410 e. The molecule has 4 heteroatoms. The summed E-state index contributed by atoms with van der Waals surface area (Å²) in [6.45, 7) is 8.11. The third-order valence-corrected chi connectivity index (χ3v) is 2.71. The molecular weight excluding hydrogens is 204 g/mol. The van der Waals surface area contributed by atoms with Crippen LogP contribution < -0.4 is 0 Å². The number of hydrogen-bond donors (Lipinski definition) is 0. The quantitative estimate of drug-likeness (QED) is 0.687. The normalized spacial score (nSPS) is 22.7. The van der Waals surface area contributed by atoms with Gasteiger partial charge in [-0.3, -0.25) is 0 Å². The van der Waals surface area contributed by atoms with Gasteiger partial charge in [-0.1, -0.05) is 0 Å². The molecule has 1 aliphatic rings. The van der Waals surface area contributed by atoms with Crippen LogP contribution in [0.3, 0.4) is 0 Å². The van der Waals surface area contributed by atoms with Crippen LogP contribution in [0.4, 0.5) is 4.79 Å². The molecule has 0 unspecified atom stereocenters. The largest absolute Gasteiger partial charge is 0.444 e. The lowest BCUT2D eigenvalue weighted by molar-refractivity contribution is 0.0202. The highest BCUT2D eigenvalue weighted by atomic mass is 16.6. The summed E-state index contributed by atoms with van der Waals surface area (Å²) < 4.78 is 5.32. The van der Waals surface area contributed by atoms with Gasteiger partial charge < -0.3 is 9.64 Å². The van der Waals surface area contributed by atoms with Gasteiger partial charge in [-0.15, -0.1) is 0 Å². The lowest BCUT2D eigenvalue weighted by Gasteiger charge is -2.29. The molecule has 1 aliphatic heterocycles. The average molecular weight is 224 g/mol. The van der Waals surface area contributed by atoms with Crippen molar-refractivity contribution in [3.8, 4) is 6.07 Å². The molecule has 16 heavy (non-hydrogen) atoms. The molecule has 0 aromatic heterocycles. The Hall–Kier alpha value is -1.24. The second-order valence-electron chi connectivity index (χ2n) is 5.30. The summed E-state index contributed by atoms with van der Waals surface area (Å²) in [7, 11) is 0. The number of amides is 1. The number of ether oxygens (including phenoxy) is 1. The number of likely N-dealkylation sites (tertiary alicyclic amines) is 1. The monoisotopic (exact) mass is 224 g/mol. The van der Waals surface area contributed by atoms with Crippen molar-refractivity contribution in [1.82, 2.24) is 4.90 Å². The molecule has 1 fully saturated rings. The van der Waals surface area contributed by atoms with Crippen molar-refractivity contribution >= 4 is 6.09 Å². The van der Waals surface area contributed by atoms with Crippen LogP contribution in [0.5, 0.6) is 0 Å². The Bertz CT molecular complexity index is 301. The van der Waals surface area contributed by atoms with E-state index < -0.39 is 5.60 Å². The van der Waals surface area contributed by atoms with Crippen molar-refractivity contribution in [1.29, 1.82) is 5.26 Å². The fourth-order valence-electron chi connectivity index (χ4n) is 1.95. The van der Waals surface area contributed by atoms with Gasteiger partial charge in [0.1, 0.15) is 5.60 Å². The van der Waals surface area contributed by atoms with E-state index >= 15 is 0 Å². The van der Waals surface area contributed by atoms with Crippen LogP contribution in [0.1, 0.15) is 40.5 Å². The fourth-order valence-corrected chi connectivity index (χ4v) is 1.95. The molecule has 0 spiro atoms. The van der Waals surface area contributed by atoms with Gasteiger partial charge in [0.05, 0.1) is 18.0 Å². The fraction of sp³-hybridized carbons (Fsp3) is 0.833. The average Bonchev–Trinajstić information content (AvgIpc) is 2.62. The zero-order valence-corrected chi connectivity index (χ0v) is 10.5. The van der Waals surface area contributed by atoms with Crippen LogP contribution in [0.25, 0.3) is 0 Å². The van der Waals surface area contributed by atoms with Crippen LogP contribution in [0.2, 0.25) is 0 Å². The summed E-state index contributed by atoms with van der Waals surface area (Å²) in [4.78, 5) is 13.6. The Labute approximate surface area is 97.2 Å². The summed E-state index contributed by atoms with van der Waals surface area (Å²) in [6, 6.07) is 2.22. The van der Waals surface area contributed by atoms with Crippen LogP contribution in [-0.4, -0.2) is 29.2 Å². The first kappa shape index (κ1) is 12.8. The molecule has 90 valence electrons. The van der Waals surface area contributed by atoms with Gasteiger partial charge in [-0.2, -0.15) is 5.26 Å². The first-order valence-electron chi connectivity index (χ1n) is 5.74. The van der Waals surface area contributed by atoms with Crippen molar-refractivity contribution in [2.45, 2.75) is 52.2 Å². The minimum absolute atomic E-state index is 0.0137. The van der Waals surface area contributed by atoms with Gasteiger partial charge in [0, 0.05) is 6.54 Å². The molecular formula is C12H20N2O2. The second-order valence-corrected chi connectivity index (χ2v) is 5.30. The summed E-state index contributed by atoms with van der Waals surface area (Å²) in [6.07, 6.45) is 1.56. The zero-order valence-electron chi connectivity index (χ0n) is 10.5. The van der Waals surface area contributed by atoms with Gasteiger partial charge >= 0.3 is 6.09 Å². The Balaban J connectivity index is 2.65. The Morgan fingerprint density at radius 1 is 1.56 bits per heavy atom. The van der Waals surface area contributed by atoms with E-state index in [-0.39, 0.29) is 18.1 Å². The van der Waals surface area contributed by atoms with Gasteiger partial charge in [0.2, 0.25) is 0 Å². The number of carbonyl (C=O) groups is 1. The SMILES string of the molecule is C[C@H](C#N)[C@@H]1CCCN1C(=O)OC(C)(C)C. The van der Waals surface area contributed by atoms with Gasteiger partial charge in [-0.05, 0) is 40.5 Å². The topological polar surface area (TPSA) is 53.3 Å². The smallest absolute Gasteiger partial charge is 0.410 e. The molecule has 1 heterocycles. The predicted octanol–water partition coefficient (Wildman–Crippen LogP) is 2.55. The van der Waals surface area contributed by atoms with E-state index in [9.17, 15) is 4.79 Å². The van der Waals surface area contributed by atoms with E-state index in [4.69, 9.17) is 10.00 Å². The first-order chi connectivity index (χ1) is 7.35. The van der Waals surface area contributed by atoms with Gasteiger partial charge in [-0.25, -0.2) is 4.79 Å². The molecule has 1 rings (SSSR count). The number of nitrogens with zero attached hydrogens (tertiary/aromatic N) is 2. The highest BCUT2D eigenvalue weighted by Crippen LogP contribution is 2.25. The summed E-state index contributed by atoms with van der Waals surface area (Å²) in [5.74, 6) is -0.130. The van der Waals surface area contributed by atoms with Crippen molar-refractivity contribution in [2.75, 3.05) is 6.54 Å². The van der Waals surface area contributed by atoms with Crippen LogP contribution >= 0.6 is 0 Å². The van der Waals surface area contributed by atoms with E-state index in [2.05, 4.69) is 6.07 Å². The molecule has 0 radical (unpaired) electrons. The van der Waals surface area contributed by atoms with E-state index in [0.717, 1.165) is 12.8 Å². The summed E-state index contributed by atoms with van der Waals surface area (Å²) in [5.41, 5.74) is -0.472. The number of hydrogen-bond acceptors (Lipinski definition) is 3. The lowest BCUT2D eigenvalue weighted by Crippen LogP contribution is -2.42. The number of carbonyl (C=O) groups excluding carboxylic acids is 1. The van der Waals surface area contributed by atoms with Crippen LogP contribution in [-0.2, 0) is 4.74 Å². The standard InChI is InChI=1S/C12H20N2O2/c1-9(8-13)10-6-5-7-14(10)11(15)16-12(2,3)4/h9-10H,5-7H2,1-4H3/t9-,10+/m1/s1. The number of rotatable bonds is 1. The molecule has 1 saturated heterocycles. The van der Waals surface area contributed by atoms with E-state index in [1.165, 1.54) is 0 Å². The minimum atomic E-state index is -0.472. The van der Waals surface area contributed by atoms with Crippen molar-refractivity contribution in [3.05, 3.63) is 0 Å². The summed E-state index contributed by atoms with van der Waals surface area (Å²) in [5, 5.41) is 8.90. The lowest BCUT2D eigenvalue weighted by atomic mass is 10.0. The van der Waals surface area contributed by atoms with E-state index in [1.807, 2.05) is 27.7 Å². The van der Waals surface area contributed by atoms with Crippen LogP contribution in [0.15, 0.2) is 0 Å². The highest BCUT2D eigenvalue weighted by Gasteiger charge is 2.35. The molecule has 0 aliphatic carbocycles. The second kappa shape index (κ2) is 4.73. The molecule has 2 atom stereocenters. The molecule has 0 aromatic rings. The molecule has 0 saturated carbocycles. The Morgan fingerprint density at radius 2 is 2.19 bits per heavy atom. The van der Waals surface area contributed by atoms with E-state index in [0.29, 0.717) is 6.54 Å². The van der Waals surface area contributed by atoms with Gasteiger partial charge in [0.15, 0.2) is 0 Å². The van der Waals surface area contributed by atoms with E-state index in [1.54, 1.807) is 4.90 Å².